The second-order valence-electron chi connectivity index (χ2n) is 5.95. The highest BCUT2D eigenvalue weighted by Crippen LogP contribution is 2.47. The molecule has 1 saturated heterocycles. The molecule has 0 unspecified atom stereocenters. The summed E-state index contributed by atoms with van der Waals surface area (Å²) in [6.07, 6.45) is 1.30. The quantitative estimate of drug-likeness (QED) is 0.606. The van der Waals surface area contributed by atoms with Crippen molar-refractivity contribution in [3.63, 3.8) is 0 Å². The van der Waals surface area contributed by atoms with Crippen molar-refractivity contribution in [3.8, 4) is 0 Å². The van der Waals surface area contributed by atoms with E-state index in [0.717, 1.165) is 0 Å². The van der Waals surface area contributed by atoms with Gasteiger partial charge in [0.15, 0.2) is 7.05 Å². The van der Waals surface area contributed by atoms with Gasteiger partial charge >= 0.3 is 0 Å². The fourth-order valence-corrected chi connectivity index (χ4v) is 8.04. The van der Waals surface area contributed by atoms with Crippen LogP contribution in [0.15, 0.2) is 91.0 Å². The van der Waals surface area contributed by atoms with Crippen LogP contribution < -0.4 is 28.3 Å². The monoisotopic (exact) mass is 353 g/mol. The van der Waals surface area contributed by atoms with Gasteiger partial charge < -0.3 is 12.4 Å². The van der Waals surface area contributed by atoms with Gasteiger partial charge in [0.1, 0.15) is 13.1 Å². The first-order chi connectivity index (χ1) is 11.4. The average molecular weight is 354 g/mol. The highest BCUT2D eigenvalue weighted by Gasteiger charge is 2.39. The highest BCUT2D eigenvalue weighted by atomic mass is 35.5. The van der Waals surface area contributed by atoms with E-state index in [0.29, 0.717) is 0 Å². The predicted molar refractivity (Wildman–Crippen MR) is 99.8 cm³/mol. The largest absolute Gasteiger partial charge is 1.00 e. The van der Waals surface area contributed by atoms with E-state index in [1.54, 1.807) is 0 Å². The molecule has 3 aromatic carbocycles. The molecule has 0 amide bonds. The van der Waals surface area contributed by atoms with Crippen molar-refractivity contribution in [1.82, 2.24) is 0 Å². The summed E-state index contributed by atoms with van der Waals surface area (Å²) in [5, 5.41) is 4.37. The lowest BCUT2D eigenvalue weighted by Crippen LogP contribution is -3.00. The van der Waals surface area contributed by atoms with Gasteiger partial charge in [-0.15, -0.1) is 0 Å². The van der Waals surface area contributed by atoms with Crippen LogP contribution in [0.4, 0.5) is 0 Å². The van der Waals surface area contributed by atoms with Crippen LogP contribution in [0.3, 0.4) is 0 Å². The van der Waals surface area contributed by atoms with Crippen LogP contribution >= 0.6 is 7.05 Å². The topological polar surface area (TPSA) is 3.01 Å². The molecule has 1 nitrogen and oxygen atoms in total. The Morgan fingerprint density at radius 3 is 1.12 bits per heavy atom. The predicted octanol–water partition coefficient (Wildman–Crippen LogP) is 0.584. The number of hydrogen-bond acceptors (Lipinski definition) is 0. The maximum absolute atomic E-state index is 2.72. The molecule has 0 radical (unpaired) electrons. The molecule has 3 aromatic rings. The van der Waals surface area contributed by atoms with E-state index in [2.05, 4.69) is 95.3 Å². The van der Waals surface area contributed by atoms with E-state index in [1.165, 1.54) is 35.4 Å². The molecule has 24 heavy (non-hydrogen) atoms. The summed E-state index contributed by atoms with van der Waals surface area (Å²) in [7, 11) is -1.72. The summed E-state index contributed by atoms with van der Waals surface area (Å²) < 4.78 is 2.72. The lowest BCUT2D eigenvalue weighted by Gasteiger charge is -2.30. The third kappa shape index (κ3) is 2.73. The number of halogens is 1. The zero-order chi connectivity index (χ0) is 15.5. The van der Waals surface area contributed by atoms with Gasteiger partial charge in [-0.3, -0.25) is 0 Å². The molecule has 1 aliphatic heterocycles. The molecule has 1 heterocycles. The van der Waals surface area contributed by atoms with Crippen molar-refractivity contribution in [2.24, 2.45) is 0 Å². The van der Waals surface area contributed by atoms with E-state index in [9.17, 15) is 0 Å². The van der Waals surface area contributed by atoms with Crippen LogP contribution in [0.25, 0.3) is 0 Å². The van der Waals surface area contributed by atoms with E-state index in [-0.39, 0.29) is 12.4 Å². The molecule has 1 aliphatic rings. The molecule has 0 aromatic heterocycles. The van der Waals surface area contributed by atoms with E-state index < -0.39 is 7.05 Å². The van der Waals surface area contributed by atoms with Gasteiger partial charge in [-0.2, -0.15) is 0 Å². The van der Waals surface area contributed by atoms with Crippen molar-refractivity contribution < 1.29 is 16.7 Å². The van der Waals surface area contributed by atoms with Gasteiger partial charge in [0.05, 0.1) is 6.42 Å². The Bertz CT molecular complexity index is 735. The Morgan fingerprint density at radius 1 is 0.542 bits per heavy atom. The molecule has 122 valence electrons. The van der Waals surface area contributed by atoms with Gasteiger partial charge in [0, 0.05) is 15.9 Å². The SMILES string of the molecule is [Cl-].c1ccc(P(c2ccccc2)(c2ccccc2)=[N+]2CCC2)cc1. The molecule has 0 spiro atoms. The average Bonchev–Trinajstić information content (AvgIpc) is 2.60. The molecule has 0 aliphatic carbocycles. The maximum Gasteiger partial charge on any atom is 0.184 e. The van der Waals surface area contributed by atoms with Gasteiger partial charge in [-0.25, -0.2) is 4.33 Å². The highest BCUT2D eigenvalue weighted by molar-refractivity contribution is 7.85. The summed E-state index contributed by atoms with van der Waals surface area (Å²) in [5.41, 5.74) is 0. The van der Waals surface area contributed by atoms with Crippen LogP contribution in [0.2, 0.25) is 0 Å². The van der Waals surface area contributed by atoms with Crippen LogP contribution in [0, 0.1) is 0 Å². The first-order valence-corrected chi connectivity index (χ1v) is 9.98. The van der Waals surface area contributed by atoms with Crippen LogP contribution in [-0.4, -0.2) is 17.4 Å². The third-order valence-corrected chi connectivity index (χ3v) is 9.03. The molecule has 3 heteroatoms. The molecule has 0 saturated carbocycles. The smallest absolute Gasteiger partial charge is 0.184 e. The maximum atomic E-state index is 2.72. The summed E-state index contributed by atoms with van der Waals surface area (Å²) in [6.45, 7) is 2.37. The zero-order valence-electron chi connectivity index (χ0n) is 13.6. The lowest BCUT2D eigenvalue weighted by atomic mass is 10.3. The number of nitrogens with zero attached hydrogens (tertiary/aromatic N) is 1. The minimum Gasteiger partial charge on any atom is -1.00 e. The van der Waals surface area contributed by atoms with Crippen molar-refractivity contribution in [1.29, 1.82) is 0 Å². The van der Waals surface area contributed by atoms with Crippen LogP contribution in [0.5, 0.6) is 0 Å². The second-order valence-corrected chi connectivity index (χ2v) is 9.33. The van der Waals surface area contributed by atoms with Gasteiger partial charge in [-0.1, -0.05) is 54.6 Å². The number of benzene rings is 3. The molecular formula is C21H21ClNP. The Labute approximate surface area is 150 Å². The van der Waals surface area contributed by atoms with Crippen LogP contribution in [0.1, 0.15) is 6.42 Å². The summed E-state index contributed by atoms with van der Waals surface area (Å²) in [4.78, 5) is 0. The fraction of sp³-hybridized carbons (Fsp3) is 0.143. The van der Waals surface area contributed by atoms with Gasteiger partial charge in [0.25, 0.3) is 0 Å². The lowest BCUT2D eigenvalue weighted by molar-refractivity contribution is -0.563. The molecule has 0 bridgehead atoms. The minimum atomic E-state index is -1.72. The Morgan fingerprint density at radius 2 is 0.875 bits per heavy atom. The van der Waals surface area contributed by atoms with Crippen molar-refractivity contribution in [3.05, 3.63) is 91.0 Å². The van der Waals surface area contributed by atoms with Crippen molar-refractivity contribution in [2.45, 2.75) is 6.42 Å². The third-order valence-electron chi connectivity index (χ3n) is 4.65. The number of hydrogen-bond donors (Lipinski definition) is 0. The Hall–Kier alpha value is -1.82. The van der Waals surface area contributed by atoms with Crippen molar-refractivity contribution >= 4 is 23.0 Å². The fourth-order valence-electron chi connectivity index (χ4n) is 3.47. The van der Waals surface area contributed by atoms with Gasteiger partial charge in [-0.05, 0) is 36.4 Å². The normalized spacial score (nSPS) is 13.8. The Kier molecular flexibility index (Phi) is 5.23. The molecule has 0 atom stereocenters. The molecule has 1 fully saturated rings. The Balaban J connectivity index is 0.00000169. The summed E-state index contributed by atoms with van der Waals surface area (Å²) in [5.74, 6) is 0. The van der Waals surface area contributed by atoms with Crippen LogP contribution in [-0.2, 0) is 0 Å². The second kappa shape index (κ2) is 7.38. The van der Waals surface area contributed by atoms with E-state index in [4.69, 9.17) is 0 Å². The molecule has 4 rings (SSSR count). The first kappa shape index (κ1) is 17.0. The summed E-state index contributed by atoms with van der Waals surface area (Å²) in [6, 6.07) is 33.3. The first-order valence-electron chi connectivity index (χ1n) is 8.24. The van der Waals surface area contributed by atoms with Gasteiger partial charge in [0.2, 0.25) is 0 Å². The van der Waals surface area contributed by atoms with E-state index >= 15 is 0 Å². The number of rotatable bonds is 3. The molecular weight excluding hydrogens is 333 g/mol. The summed E-state index contributed by atoms with van der Waals surface area (Å²) >= 11 is 0. The standard InChI is InChI=1S/C21H21NP.ClH/c1-4-11-19(12-5-1)23(22-17-10-18-22,20-13-6-2-7-14-20)21-15-8-3-9-16-21;/h1-9,11-16H,10,17-18H2;1H/q+1;/p-1. The minimum absolute atomic E-state index is 0. The molecule has 0 N–H and O–H groups in total. The van der Waals surface area contributed by atoms with Crippen molar-refractivity contribution in [2.75, 3.05) is 13.1 Å². The van der Waals surface area contributed by atoms with E-state index in [1.807, 2.05) is 0 Å². The zero-order valence-corrected chi connectivity index (χ0v) is 15.2.